The van der Waals surface area contributed by atoms with Crippen LogP contribution in [0.1, 0.15) is 37.0 Å². The van der Waals surface area contributed by atoms with Gasteiger partial charge in [-0.25, -0.2) is 4.68 Å². The molecule has 5 heterocycles. The average molecular weight is 567 g/mol. The zero-order valence-corrected chi connectivity index (χ0v) is 23.7. The summed E-state index contributed by atoms with van der Waals surface area (Å²) in [6.45, 7) is 5.33. The molecule has 0 spiro atoms. The van der Waals surface area contributed by atoms with Crippen LogP contribution in [0.25, 0.3) is 44.3 Å². The first-order valence-corrected chi connectivity index (χ1v) is 13.4. The van der Waals surface area contributed by atoms with Crippen molar-refractivity contribution in [1.82, 2.24) is 39.6 Å². The predicted octanol–water partition coefficient (Wildman–Crippen LogP) is 4.36. The van der Waals surface area contributed by atoms with Crippen molar-refractivity contribution in [3.63, 3.8) is 0 Å². The number of fused-ring (bicyclic) bond motifs is 5. The van der Waals surface area contributed by atoms with Crippen LogP contribution in [-0.2, 0) is 13.6 Å². The van der Waals surface area contributed by atoms with Gasteiger partial charge in [0.2, 0.25) is 5.88 Å². The van der Waals surface area contributed by atoms with E-state index in [1.807, 2.05) is 53.9 Å². The zero-order chi connectivity index (χ0) is 29.2. The molecule has 0 unspecified atom stereocenters. The van der Waals surface area contributed by atoms with Crippen LogP contribution in [0.15, 0.2) is 18.2 Å². The molecule has 2 N–H and O–H groups in total. The average Bonchev–Trinajstić information content (AvgIpc) is 3.56. The monoisotopic (exact) mass is 566 g/mol. The number of halogens is 2. The van der Waals surface area contributed by atoms with Crippen molar-refractivity contribution in [1.29, 1.82) is 0 Å². The number of aromatic nitrogens is 7. The Hall–Kier alpha value is -4.10. The number of aliphatic hydroxyl groups is 1. The summed E-state index contributed by atoms with van der Waals surface area (Å²) in [7, 11) is 3.79. The minimum absolute atomic E-state index is 0.0612. The molecule has 0 saturated heterocycles. The topological polar surface area (TPSA) is 119 Å². The van der Waals surface area contributed by atoms with Gasteiger partial charge in [-0.1, -0.05) is 0 Å². The van der Waals surface area contributed by atoms with E-state index in [1.165, 1.54) is 6.07 Å². The van der Waals surface area contributed by atoms with Crippen LogP contribution in [0, 0.1) is 13.8 Å². The number of aryl methyl sites for hydroxylation is 3. The molecule has 1 aliphatic heterocycles. The van der Waals surface area contributed by atoms with Crippen LogP contribution < -0.4 is 9.47 Å². The van der Waals surface area contributed by atoms with E-state index in [0.29, 0.717) is 46.8 Å². The highest BCUT2D eigenvalue weighted by molar-refractivity contribution is 6.00. The molecule has 1 aromatic carbocycles. The minimum atomic E-state index is -3.05. The second-order valence-corrected chi connectivity index (χ2v) is 10.8. The lowest BCUT2D eigenvalue weighted by atomic mass is 10.0. The van der Waals surface area contributed by atoms with Crippen molar-refractivity contribution >= 4 is 21.8 Å². The maximum Gasteiger partial charge on any atom is 0.387 e. The number of nitrogens with one attached hydrogen (secondary N) is 1. The van der Waals surface area contributed by atoms with Crippen LogP contribution in [-0.4, -0.2) is 77.7 Å². The summed E-state index contributed by atoms with van der Waals surface area (Å²) in [5.74, 6) is 0.540. The number of ether oxygens (including phenoxy) is 2. The molecule has 41 heavy (non-hydrogen) atoms. The molecule has 0 amide bonds. The molecule has 4 bridgehead atoms. The number of aliphatic hydroxyl groups excluding tert-OH is 1. The van der Waals surface area contributed by atoms with Gasteiger partial charge < -0.3 is 14.6 Å². The predicted molar refractivity (Wildman–Crippen MR) is 149 cm³/mol. The SMILES string of the molecule is Cc1nn(C)c2c1-c1cc3c(n[nH]c3c(C)n1)-c1cc(OC(F)F)c3nn([C@@H](C)CO)c(c3c1)CN(C)C[C@H](C)O2. The zero-order valence-electron chi connectivity index (χ0n) is 23.7. The third-order valence-electron chi connectivity index (χ3n) is 7.50. The highest BCUT2D eigenvalue weighted by atomic mass is 19.3. The summed E-state index contributed by atoms with van der Waals surface area (Å²) in [4.78, 5) is 6.92. The first kappa shape index (κ1) is 27.1. The smallest absolute Gasteiger partial charge is 0.387 e. The van der Waals surface area contributed by atoms with Gasteiger partial charge in [-0.05, 0) is 52.9 Å². The van der Waals surface area contributed by atoms with Crippen LogP contribution >= 0.6 is 0 Å². The Morgan fingerprint density at radius 1 is 1.15 bits per heavy atom. The lowest BCUT2D eigenvalue weighted by Crippen LogP contribution is -2.32. The van der Waals surface area contributed by atoms with E-state index in [1.54, 1.807) is 9.36 Å². The number of aromatic amines is 1. The Balaban J connectivity index is 1.69. The van der Waals surface area contributed by atoms with Gasteiger partial charge in [0.15, 0.2) is 5.75 Å². The van der Waals surface area contributed by atoms with E-state index >= 15 is 0 Å². The number of alkyl halides is 2. The van der Waals surface area contributed by atoms with Crippen molar-refractivity contribution < 1.29 is 23.4 Å². The molecule has 0 aliphatic carbocycles. The number of nitrogens with zero attached hydrogens (tertiary/aromatic N) is 7. The van der Waals surface area contributed by atoms with Crippen molar-refractivity contribution in [2.24, 2.45) is 7.05 Å². The Morgan fingerprint density at radius 3 is 2.66 bits per heavy atom. The first-order chi connectivity index (χ1) is 19.5. The molecule has 2 atom stereocenters. The normalized spacial score (nSPS) is 16.8. The highest BCUT2D eigenvalue weighted by Crippen LogP contribution is 2.40. The van der Waals surface area contributed by atoms with E-state index in [-0.39, 0.29) is 18.5 Å². The van der Waals surface area contributed by atoms with Gasteiger partial charge >= 0.3 is 6.61 Å². The molecule has 0 saturated carbocycles. The Bertz CT molecular complexity index is 1780. The van der Waals surface area contributed by atoms with Crippen LogP contribution in [0.5, 0.6) is 11.6 Å². The van der Waals surface area contributed by atoms with Crippen LogP contribution in [0.4, 0.5) is 8.78 Å². The molecule has 4 aromatic heterocycles. The maximum atomic E-state index is 13.6. The van der Waals surface area contributed by atoms with Crippen molar-refractivity contribution in [3.05, 3.63) is 35.3 Å². The van der Waals surface area contributed by atoms with Gasteiger partial charge in [0.25, 0.3) is 0 Å². The Kier molecular flexibility index (Phi) is 6.65. The van der Waals surface area contributed by atoms with E-state index < -0.39 is 12.7 Å². The summed E-state index contributed by atoms with van der Waals surface area (Å²) in [6.07, 6.45) is -0.237. The van der Waals surface area contributed by atoms with Crippen LogP contribution in [0.3, 0.4) is 0 Å². The van der Waals surface area contributed by atoms with Gasteiger partial charge in [0.1, 0.15) is 17.3 Å². The molecular weight excluding hydrogens is 534 g/mol. The largest absolute Gasteiger partial charge is 0.473 e. The Morgan fingerprint density at radius 2 is 1.93 bits per heavy atom. The van der Waals surface area contributed by atoms with Gasteiger partial charge in [0.05, 0.1) is 46.5 Å². The van der Waals surface area contributed by atoms with Gasteiger partial charge in [0, 0.05) is 36.5 Å². The van der Waals surface area contributed by atoms with E-state index in [2.05, 4.69) is 25.3 Å². The fraction of sp³-hybridized carbons (Fsp3) is 0.429. The number of likely N-dealkylation sites (N-methyl/N-ethyl adjacent to an activating group) is 1. The number of hydrogen-bond donors (Lipinski definition) is 2. The summed E-state index contributed by atoms with van der Waals surface area (Å²) >= 11 is 0. The minimum Gasteiger partial charge on any atom is -0.473 e. The molecule has 13 heteroatoms. The quantitative estimate of drug-likeness (QED) is 0.330. The number of pyridine rings is 1. The van der Waals surface area contributed by atoms with Gasteiger partial charge in [-0.15, -0.1) is 0 Å². The summed E-state index contributed by atoms with van der Waals surface area (Å²) in [5, 5.41) is 28.3. The molecule has 6 rings (SSSR count). The van der Waals surface area contributed by atoms with Crippen molar-refractivity contribution in [3.8, 4) is 34.1 Å². The molecule has 0 radical (unpaired) electrons. The summed E-state index contributed by atoms with van der Waals surface area (Å²) in [5.41, 5.74) is 5.85. The van der Waals surface area contributed by atoms with Gasteiger partial charge in [-0.2, -0.15) is 24.1 Å². The fourth-order valence-corrected chi connectivity index (χ4v) is 5.72. The van der Waals surface area contributed by atoms with E-state index in [9.17, 15) is 13.9 Å². The second kappa shape index (κ2) is 10.1. The Labute approximate surface area is 234 Å². The lowest BCUT2D eigenvalue weighted by Gasteiger charge is -2.24. The lowest BCUT2D eigenvalue weighted by molar-refractivity contribution is -0.0489. The highest BCUT2D eigenvalue weighted by Gasteiger charge is 2.27. The number of benzene rings is 1. The van der Waals surface area contributed by atoms with Crippen molar-refractivity contribution in [2.45, 2.75) is 53.0 Å². The second-order valence-electron chi connectivity index (χ2n) is 10.8. The number of rotatable bonds is 4. The van der Waals surface area contributed by atoms with Crippen molar-refractivity contribution in [2.75, 3.05) is 20.2 Å². The summed E-state index contributed by atoms with van der Waals surface area (Å²) < 4.78 is 42.2. The number of hydrogen-bond acceptors (Lipinski definition) is 8. The standard InChI is InChI=1S/C28H32F2N8O3/c1-13(12-39)38-21-11-36(5)10-14(2)40-27-23(15(3)34-37(27)6)20-9-19-24(16(4)31-20)32-33-25(19)17-7-18(21)26(35-38)22(8-17)41-28(29)30/h7-9,13-14,28,39H,10-12H2,1-6H3,(H,32,33)/t13-,14-/m0/s1. The first-order valence-electron chi connectivity index (χ1n) is 13.4. The molecule has 0 fully saturated rings. The maximum absolute atomic E-state index is 13.6. The molecule has 216 valence electrons. The molecule has 5 aromatic rings. The third-order valence-corrected chi connectivity index (χ3v) is 7.50. The molecule has 11 nitrogen and oxygen atoms in total. The number of H-pyrrole nitrogens is 1. The fourth-order valence-electron chi connectivity index (χ4n) is 5.72. The molecule has 1 aliphatic rings. The van der Waals surface area contributed by atoms with E-state index in [0.717, 1.165) is 33.5 Å². The van der Waals surface area contributed by atoms with E-state index in [4.69, 9.17) is 14.5 Å². The van der Waals surface area contributed by atoms with Gasteiger partial charge in [-0.3, -0.25) is 19.7 Å². The third kappa shape index (κ3) is 4.58. The summed E-state index contributed by atoms with van der Waals surface area (Å²) in [6, 6.07) is 4.96. The molecular formula is C28H32F2N8O3. The van der Waals surface area contributed by atoms with Crippen LogP contribution in [0.2, 0.25) is 0 Å².